The van der Waals surface area contributed by atoms with Crippen LogP contribution in [-0.2, 0) is 13.1 Å². The van der Waals surface area contributed by atoms with Gasteiger partial charge in [0.1, 0.15) is 0 Å². The Bertz CT molecular complexity index is 255. The molecule has 0 aromatic rings. The zero-order valence-corrected chi connectivity index (χ0v) is 17.4. The third-order valence-corrected chi connectivity index (χ3v) is 4.73. The summed E-state index contributed by atoms with van der Waals surface area (Å²) in [4.78, 5) is 0. The molecule has 0 spiro atoms. The topological polar surface area (TPSA) is 60.1 Å². The van der Waals surface area contributed by atoms with E-state index in [1.807, 2.05) is 0 Å². The van der Waals surface area contributed by atoms with E-state index in [2.05, 4.69) is 26.6 Å². The predicted octanol–water partition coefficient (Wildman–Crippen LogP) is 1.27. The van der Waals surface area contributed by atoms with Gasteiger partial charge in [0, 0.05) is 64.9 Å². The molecule has 2 rings (SSSR count). The normalized spacial score (nSPS) is 26.5. The Kier molecular flexibility index (Phi) is 16.6. The molecule has 1 heterocycles. The van der Waals surface area contributed by atoms with Crippen molar-refractivity contribution in [2.45, 2.75) is 38.1 Å². The molecule has 2 fully saturated rings. The maximum absolute atomic E-state index is 4.80. The van der Waals surface area contributed by atoms with Crippen LogP contribution in [0.4, 0.5) is 0 Å². The average molecular weight is 423 g/mol. The van der Waals surface area contributed by atoms with E-state index in [0.717, 1.165) is 64.8 Å². The Morgan fingerprint density at radius 1 is 0.625 bits per heavy atom. The van der Waals surface area contributed by atoms with Crippen LogP contribution >= 0.6 is 20.2 Å². The second-order valence-electron chi connectivity index (χ2n) is 6.47. The molecular weight excluding hydrogens is 388 g/mol. The SMILES string of the molecule is C1CCC(C2CNCCNCCNCCNCCN2)CC1.[Cl][Mn][Cl]. The molecule has 24 heavy (non-hydrogen) atoms. The maximum atomic E-state index is 4.80. The molecule has 1 unspecified atom stereocenters. The van der Waals surface area contributed by atoms with Crippen LogP contribution in [0.1, 0.15) is 32.1 Å². The van der Waals surface area contributed by atoms with Gasteiger partial charge in [-0.2, -0.15) is 0 Å². The number of hydrogen-bond donors (Lipinski definition) is 5. The number of halogens is 2. The van der Waals surface area contributed by atoms with Crippen LogP contribution in [0.2, 0.25) is 0 Å². The summed E-state index contributed by atoms with van der Waals surface area (Å²) in [5.74, 6) is 0.872. The zero-order chi connectivity index (χ0) is 17.3. The van der Waals surface area contributed by atoms with Gasteiger partial charge in [0.05, 0.1) is 0 Å². The van der Waals surface area contributed by atoms with Crippen molar-refractivity contribution < 1.29 is 13.1 Å². The fourth-order valence-electron chi connectivity index (χ4n) is 3.45. The first-order valence-electron chi connectivity index (χ1n) is 9.31. The molecule has 1 saturated carbocycles. The Balaban J connectivity index is 0.000000891. The Morgan fingerprint density at radius 2 is 1.08 bits per heavy atom. The van der Waals surface area contributed by atoms with Crippen molar-refractivity contribution in [1.82, 2.24) is 26.6 Å². The molecule has 8 heteroatoms. The third-order valence-electron chi connectivity index (χ3n) is 4.73. The van der Waals surface area contributed by atoms with Crippen LogP contribution in [0.25, 0.3) is 0 Å². The van der Waals surface area contributed by atoms with Crippen molar-refractivity contribution in [2.24, 2.45) is 5.92 Å². The molecule has 0 radical (unpaired) electrons. The van der Waals surface area contributed by atoms with E-state index >= 15 is 0 Å². The van der Waals surface area contributed by atoms with Crippen LogP contribution < -0.4 is 26.6 Å². The van der Waals surface area contributed by atoms with Crippen molar-refractivity contribution in [3.05, 3.63) is 0 Å². The van der Waals surface area contributed by atoms with Crippen LogP contribution in [0.3, 0.4) is 0 Å². The summed E-state index contributed by atoms with van der Waals surface area (Å²) in [6.45, 7) is 9.66. The molecule has 2 aliphatic rings. The molecule has 0 aromatic carbocycles. The van der Waals surface area contributed by atoms with Gasteiger partial charge in [-0.15, -0.1) is 0 Å². The van der Waals surface area contributed by atoms with Gasteiger partial charge in [0.2, 0.25) is 0 Å². The van der Waals surface area contributed by atoms with Crippen LogP contribution in [0.5, 0.6) is 0 Å². The van der Waals surface area contributed by atoms with Gasteiger partial charge >= 0.3 is 33.3 Å². The molecule has 0 aromatic heterocycles. The van der Waals surface area contributed by atoms with Crippen LogP contribution in [-0.4, -0.2) is 64.9 Å². The molecular formula is C16H35Cl2MnN5. The Morgan fingerprint density at radius 3 is 1.62 bits per heavy atom. The second kappa shape index (κ2) is 17.3. The third kappa shape index (κ3) is 12.3. The van der Waals surface area contributed by atoms with E-state index in [0.29, 0.717) is 6.04 Å². The minimum atomic E-state index is 0.00694. The van der Waals surface area contributed by atoms with Gasteiger partial charge in [-0.1, -0.05) is 19.3 Å². The van der Waals surface area contributed by atoms with E-state index < -0.39 is 0 Å². The summed E-state index contributed by atoms with van der Waals surface area (Å²) < 4.78 is 0. The standard InChI is InChI=1S/C16H35N5.2ClH.Mn/c1-2-4-15(5-3-1)16-14-20-11-10-18-7-6-17-8-9-19-12-13-21-16;;;/h15-21H,1-14H2;2*1H;/q;;;+2/p-2. The van der Waals surface area contributed by atoms with E-state index in [9.17, 15) is 0 Å². The van der Waals surface area contributed by atoms with Gasteiger partial charge in [-0.05, 0) is 18.8 Å². The number of hydrogen-bond acceptors (Lipinski definition) is 5. The molecule has 0 amide bonds. The fourth-order valence-corrected chi connectivity index (χ4v) is 3.45. The Labute approximate surface area is 162 Å². The van der Waals surface area contributed by atoms with E-state index in [1.165, 1.54) is 32.1 Å². The Hall–Kier alpha value is 0.899. The van der Waals surface area contributed by atoms with Crippen molar-refractivity contribution in [3.8, 4) is 0 Å². The molecule has 145 valence electrons. The first-order valence-corrected chi connectivity index (χ1v) is 12.6. The van der Waals surface area contributed by atoms with Gasteiger partial charge in [0.25, 0.3) is 0 Å². The first-order chi connectivity index (χ1) is 11.9. The fraction of sp³-hybridized carbons (Fsp3) is 1.00. The van der Waals surface area contributed by atoms with Crippen LogP contribution in [0.15, 0.2) is 0 Å². The van der Waals surface area contributed by atoms with E-state index in [1.54, 1.807) is 0 Å². The van der Waals surface area contributed by atoms with Gasteiger partial charge in [0.15, 0.2) is 0 Å². The van der Waals surface area contributed by atoms with E-state index in [-0.39, 0.29) is 13.1 Å². The number of nitrogens with one attached hydrogen (secondary N) is 5. The quantitative estimate of drug-likeness (QED) is 0.412. The van der Waals surface area contributed by atoms with Crippen molar-refractivity contribution in [1.29, 1.82) is 0 Å². The summed E-state index contributed by atoms with van der Waals surface area (Å²) in [6, 6.07) is 0.648. The molecule has 1 aliphatic carbocycles. The molecule has 1 aliphatic heterocycles. The summed E-state index contributed by atoms with van der Waals surface area (Å²) in [6.07, 6.45) is 7.11. The average Bonchev–Trinajstić information content (AvgIpc) is 2.62. The number of rotatable bonds is 1. The van der Waals surface area contributed by atoms with Gasteiger partial charge in [-0.3, -0.25) is 0 Å². The molecule has 5 nitrogen and oxygen atoms in total. The van der Waals surface area contributed by atoms with Crippen molar-refractivity contribution >= 4 is 20.2 Å². The summed E-state index contributed by atoms with van der Waals surface area (Å²) in [5.41, 5.74) is 0. The van der Waals surface area contributed by atoms with Gasteiger partial charge < -0.3 is 26.6 Å². The summed E-state index contributed by atoms with van der Waals surface area (Å²) >= 11 is 0.00694. The summed E-state index contributed by atoms with van der Waals surface area (Å²) in [7, 11) is 9.59. The summed E-state index contributed by atoms with van der Waals surface area (Å²) in [5, 5.41) is 17.9. The molecule has 0 bridgehead atoms. The molecule has 1 saturated heterocycles. The first kappa shape index (κ1) is 22.9. The van der Waals surface area contributed by atoms with Crippen molar-refractivity contribution in [2.75, 3.05) is 58.9 Å². The minimum absolute atomic E-state index is 0.00694. The van der Waals surface area contributed by atoms with Crippen molar-refractivity contribution in [3.63, 3.8) is 0 Å². The molecule has 1 atom stereocenters. The second-order valence-corrected chi connectivity index (χ2v) is 8.42. The predicted molar refractivity (Wildman–Crippen MR) is 102 cm³/mol. The zero-order valence-electron chi connectivity index (χ0n) is 14.7. The molecule has 5 N–H and O–H groups in total. The van der Waals surface area contributed by atoms with Crippen LogP contribution in [0, 0.1) is 5.92 Å². The van der Waals surface area contributed by atoms with E-state index in [4.69, 9.17) is 20.2 Å². The monoisotopic (exact) mass is 422 g/mol. The van der Waals surface area contributed by atoms with Gasteiger partial charge in [-0.25, -0.2) is 0 Å².